The zero-order chi connectivity index (χ0) is 23.6. The first-order chi connectivity index (χ1) is 15.9. The summed E-state index contributed by atoms with van der Waals surface area (Å²) in [5.74, 6) is -1.08. The van der Waals surface area contributed by atoms with Gasteiger partial charge < -0.3 is 15.7 Å². The van der Waals surface area contributed by atoms with E-state index in [1.54, 1.807) is 0 Å². The minimum absolute atomic E-state index is 0.113. The van der Waals surface area contributed by atoms with E-state index in [0.29, 0.717) is 24.4 Å². The molecule has 0 spiro atoms. The Bertz CT molecular complexity index is 879. The largest absolute Gasteiger partial charge is 0.390 e. The van der Waals surface area contributed by atoms with Crippen LogP contribution in [0.5, 0.6) is 0 Å². The van der Waals surface area contributed by atoms with Crippen molar-refractivity contribution in [1.82, 2.24) is 10.6 Å². The molecule has 0 unspecified atom stereocenters. The summed E-state index contributed by atoms with van der Waals surface area (Å²) >= 11 is 0. The SMILES string of the molecule is CCc1cccc(CNC[C@H](O)[C@H](Cc2cc(F)cc(F)c2)NC(=O)CC2CCCCC2)c1. The van der Waals surface area contributed by atoms with Gasteiger partial charge in [0.2, 0.25) is 5.91 Å². The number of amides is 1. The first-order valence-corrected chi connectivity index (χ1v) is 12.1. The van der Waals surface area contributed by atoms with Crippen LogP contribution in [0.3, 0.4) is 0 Å². The molecule has 0 saturated heterocycles. The maximum absolute atomic E-state index is 13.7. The average Bonchev–Trinajstić information content (AvgIpc) is 2.78. The predicted molar refractivity (Wildman–Crippen MR) is 127 cm³/mol. The summed E-state index contributed by atoms with van der Waals surface area (Å²) in [4.78, 5) is 12.7. The maximum atomic E-state index is 13.7. The molecular weight excluding hydrogens is 422 g/mol. The molecule has 6 heteroatoms. The number of nitrogens with one attached hydrogen (secondary N) is 2. The van der Waals surface area contributed by atoms with Gasteiger partial charge in [-0.2, -0.15) is 0 Å². The second kappa shape index (κ2) is 12.8. The van der Waals surface area contributed by atoms with Crippen LogP contribution in [-0.2, 0) is 24.2 Å². The van der Waals surface area contributed by atoms with Gasteiger partial charge in [0, 0.05) is 25.6 Å². The van der Waals surface area contributed by atoms with Crippen LogP contribution in [0.1, 0.15) is 62.1 Å². The van der Waals surface area contributed by atoms with Crippen molar-refractivity contribution in [2.75, 3.05) is 6.54 Å². The number of aliphatic hydroxyl groups is 1. The Balaban J connectivity index is 1.61. The molecule has 4 nitrogen and oxygen atoms in total. The second-order valence-electron chi connectivity index (χ2n) is 9.24. The summed E-state index contributed by atoms with van der Waals surface area (Å²) in [7, 11) is 0. The fraction of sp³-hybridized carbons (Fsp3) is 0.519. The van der Waals surface area contributed by atoms with E-state index in [4.69, 9.17) is 0 Å². The summed E-state index contributed by atoms with van der Waals surface area (Å²) in [5.41, 5.74) is 2.77. The van der Waals surface area contributed by atoms with Crippen molar-refractivity contribution in [2.45, 2.75) is 77.0 Å². The lowest BCUT2D eigenvalue weighted by atomic mass is 9.86. The number of rotatable bonds is 11. The number of hydrogen-bond acceptors (Lipinski definition) is 3. The number of hydrogen-bond donors (Lipinski definition) is 3. The highest BCUT2D eigenvalue weighted by atomic mass is 19.1. The summed E-state index contributed by atoms with van der Waals surface area (Å²) in [5, 5.41) is 17.1. The molecule has 2 aromatic carbocycles. The van der Waals surface area contributed by atoms with E-state index >= 15 is 0 Å². The lowest BCUT2D eigenvalue weighted by molar-refractivity contribution is -0.123. The Hall–Kier alpha value is -2.31. The monoisotopic (exact) mass is 458 g/mol. The minimum atomic E-state index is -0.902. The molecule has 3 N–H and O–H groups in total. The van der Waals surface area contributed by atoms with Crippen molar-refractivity contribution in [3.63, 3.8) is 0 Å². The number of benzene rings is 2. The van der Waals surface area contributed by atoms with Crippen molar-refractivity contribution in [2.24, 2.45) is 5.92 Å². The van der Waals surface area contributed by atoms with E-state index in [1.165, 1.54) is 24.1 Å². The highest BCUT2D eigenvalue weighted by Gasteiger charge is 2.24. The lowest BCUT2D eigenvalue weighted by Crippen LogP contribution is -2.49. The van der Waals surface area contributed by atoms with Gasteiger partial charge in [-0.15, -0.1) is 0 Å². The van der Waals surface area contributed by atoms with Gasteiger partial charge >= 0.3 is 0 Å². The van der Waals surface area contributed by atoms with Gasteiger partial charge in [0.1, 0.15) is 11.6 Å². The molecule has 1 aliphatic carbocycles. The second-order valence-corrected chi connectivity index (χ2v) is 9.24. The van der Waals surface area contributed by atoms with Crippen LogP contribution in [0, 0.1) is 17.6 Å². The van der Waals surface area contributed by atoms with Crippen LogP contribution < -0.4 is 10.6 Å². The molecule has 0 radical (unpaired) electrons. The quantitative estimate of drug-likeness (QED) is 0.458. The molecule has 0 aliphatic heterocycles. The number of aliphatic hydroxyl groups excluding tert-OH is 1. The Morgan fingerprint density at radius 1 is 1.03 bits per heavy atom. The van der Waals surface area contributed by atoms with Gasteiger partial charge in [-0.05, 0) is 60.4 Å². The van der Waals surface area contributed by atoms with Gasteiger partial charge in [-0.1, -0.05) is 50.5 Å². The molecular formula is C27H36F2N2O2. The molecule has 0 bridgehead atoms. The fourth-order valence-electron chi connectivity index (χ4n) is 4.65. The molecule has 2 atom stereocenters. The van der Waals surface area contributed by atoms with Crippen molar-refractivity contribution in [1.29, 1.82) is 0 Å². The summed E-state index contributed by atoms with van der Waals surface area (Å²) in [6.07, 6.45) is 6.25. The smallest absolute Gasteiger partial charge is 0.220 e. The highest BCUT2D eigenvalue weighted by molar-refractivity contribution is 5.76. The highest BCUT2D eigenvalue weighted by Crippen LogP contribution is 2.26. The predicted octanol–water partition coefficient (Wildman–Crippen LogP) is 4.68. The molecule has 2 aromatic rings. The molecule has 1 saturated carbocycles. The van der Waals surface area contributed by atoms with Crippen LogP contribution in [0.25, 0.3) is 0 Å². The minimum Gasteiger partial charge on any atom is -0.390 e. The Morgan fingerprint density at radius 2 is 1.73 bits per heavy atom. The van der Waals surface area contributed by atoms with E-state index < -0.39 is 23.8 Å². The van der Waals surface area contributed by atoms with Crippen LogP contribution >= 0.6 is 0 Å². The lowest BCUT2D eigenvalue weighted by Gasteiger charge is -2.27. The number of aryl methyl sites for hydroxylation is 1. The van der Waals surface area contributed by atoms with Crippen molar-refractivity contribution < 1.29 is 18.7 Å². The molecule has 1 aliphatic rings. The van der Waals surface area contributed by atoms with Gasteiger partial charge in [0.25, 0.3) is 0 Å². The zero-order valence-corrected chi connectivity index (χ0v) is 19.5. The Labute approximate surface area is 195 Å². The van der Waals surface area contributed by atoms with E-state index in [9.17, 15) is 18.7 Å². The van der Waals surface area contributed by atoms with E-state index in [-0.39, 0.29) is 18.9 Å². The van der Waals surface area contributed by atoms with Gasteiger partial charge in [0.05, 0.1) is 12.1 Å². The molecule has 3 rings (SSSR count). The third kappa shape index (κ3) is 8.52. The van der Waals surface area contributed by atoms with E-state index in [0.717, 1.165) is 43.7 Å². The summed E-state index contributed by atoms with van der Waals surface area (Å²) in [6, 6.07) is 10.9. The fourth-order valence-corrected chi connectivity index (χ4v) is 4.65. The molecule has 1 fully saturated rings. The summed E-state index contributed by atoms with van der Waals surface area (Å²) in [6.45, 7) is 2.94. The molecule has 180 valence electrons. The number of halogens is 2. The third-order valence-electron chi connectivity index (χ3n) is 6.47. The maximum Gasteiger partial charge on any atom is 0.220 e. The zero-order valence-electron chi connectivity index (χ0n) is 19.5. The Kier molecular flexibility index (Phi) is 9.82. The molecule has 33 heavy (non-hydrogen) atoms. The number of carbonyl (C=O) groups is 1. The van der Waals surface area contributed by atoms with Crippen LogP contribution in [0.2, 0.25) is 0 Å². The molecule has 0 aromatic heterocycles. The van der Waals surface area contributed by atoms with Crippen molar-refractivity contribution in [3.8, 4) is 0 Å². The first-order valence-electron chi connectivity index (χ1n) is 12.1. The Morgan fingerprint density at radius 3 is 2.42 bits per heavy atom. The van der Waals surface area contributed by atoms with Gasteiger partial charge in [-0.25, -0.2) is 8.78 Å². The summed E-state index contributed by atoms with van der Waals surface area (Å²) < 4.78 is 27.4. The van der Waals surface area contributed by atoms with Gasteiger partial charge in [-0.3, -0.25) is 4.79 Å². The van der Waals surface area contributed by atoms with Crippen LogP contribution in [0.4, 0.5) is 8.78 Å². The first kappa shape index (κ1) is 25.3. The van der Waals surface area contributed by atoms with E-state index in [1.807, 2.05) is 12.1 Å². The number of carbonyl (C=O) groups excluding carboxylic acids is 1. The average molecular weight is 459 g/mol. The van der Waals surface area contributed by atoms with Gasteiger partial charge in [0.15, 0.2) is 0 Å². The third-order valence-corrected chi connectivity index (χ3v) is 6.47. The molecule has 0 heterocycles. The van der Waals surface area contributed by atoms with E-state index in [2.05, 4.69) is 29.7 Å². The van der Waals surface area contributed by atoms with Crippen LogP contribution in [-0.4, -0.2) is 29.7 Å². The normalized spacial score (nSPS) is 16.4. The van der Waals surface area contributed by atoms with Crippen molar-refractivity contribution in [3.05, 3.63) is 70.8 Å². The standard InChI is InChI=1S/C27H36F2N2O2/c1-2-19-9-6-10-21(11-19)17-30-18-26(32)25(14-22-12-23(28)16-24(29)13-22)31-27(33)15-20-7-4-3-5-8-20/h6,9-13,16,20,25-26,30,32H,2-5,7-8,14-15,17-18H2,1H3,(H,31,33)/t25-,26-/m0/s1. The topological polar surface area (TPSA) is 61.4 Å². The van der Waals surface area contributed by atoms with Crippen molar-refractivity contribution >= 4 is 5.91 Å². The van der Waals surface area contributed by atoms with Crippen LogP contribution in [0.15, 0.2) is 42.5 Å². The molecule has 1 amide bonds.